The number of rotatable bonds is 5. The molecule has 0 aliphatic carbocycles. The number of para-hydroxylation sites is 1. The highest BCUT2D eigenvalue weighted by Gasteiger charge is 2.13. The number of benzene rings is 3. The van der Waals surface area contributed by atoms with Crippen molar-refractivity contribution in [3.63, 3.8) is 0 Å². The third-order valence-corrected chi connectivity index (χ3v) is 5.15. The summed E-state index contributed by atoms with van der Waals surface area (Å²) in [4.78, 5) is 12.6. The monoisotopic (exact) mass is 406 g/mol. The van der Waals surface area contributed by atoms with Crippen LogP contribution in [0.5, 0.6) is 0 Å². The standard InChI is InChI=1S/C24H20ClFN2O/c1-16-9-10-20(13-22(16)26)27-24(29)12-18-15-28(23-8-3-2-7-21(18)23)14-17-5-4-6-19(25)11-17/h2-11,13,15H,12,14H2,1H3,(H,27,29). The van der Waals surface area contributed by atoms with E-state index in [1.165, 1.54) is 6.07 Å². The summed E-state index contributed by atoms with van der Waals surface area (Å²) in [6.45, 7) is 2.35. The van der Waals surface area contributed by atoms with E-state index in [2.05, 4.69) is 9.88 Å². The van der Waals surface area contributed by atoms with Crippen LogP contribution in [0.3, 0.4) is 0 Å². The number of halogens is 2. The van der Waals surface area contributed by atoms with E-state index in [0.717, 1.165) is 22.0 Å². The number of aromatic nitrogens is 1. The summed E-state index contributed by atoms with van der Waals surface area (Å²) < 4.78 is 15.9. The van der Waals surface area contributed by atoms with Gasteiger partial charge < -0.3 is 9.88 Å². The van der Waals surface area contributed by atoms with Crippen LogP contribution < -0.4 is 5.32 Å². The molecular formula is C24H20ClFN2O. The smallest absolute Gasteiger partial charge is 0.228 e. The molecule has 1 N–H and O–H groups in total. The van der Waals surface area contributed by atoms with Crippen molar-refractivity contribution in [1.82, 2.24) is 4.57 Å². The van der Waals surface area contributed by atoms with E-state index >= 15 is 0 Å². The Kier molecular flexibility index (Phi) is 5.36. The Labute approximate surface area is 173 Å². The lowest BCUT2D eigenvalue weighted by Gasteiger charge is -2.06. The molecule has 0 saturated carbocycles. The van der Waals surface area contributed by atoms with E-state index in [4.69, 9.17) is 11.6 Å². The number of anilines is 1. The molecule has 146 valence electrons. The summed E-state index contributed by atoms with van der Waals surface area (Å²) in [7, 11) is 0. The van der Waals surface area contributed by atoms with Gasteiger partial charge in [0, 0.05) is 34.4 Å². The SMILES string of the molecule is Cc1ccc(NC(=O)Cc2cn(Cc3cccc(Cl)c3)c3ccccc23)cc1F. The molecule has 0 atom stereocenters. The Balaban J connectivity index is 1.58. The van der Waals surface area contributed by atoms with Crippen molar-refractivity contribution in [3.05, 3.63) is 100 Å². The number of amides is 1. The molecule has 4 rings (SSSR count). The quantitative estimate of drug-likeness (QED) is 0.435. The van der Waals surface area contributed by atoms with E-state index in [9.17, 15) is 9.18 Å². The molecule has 1 aromatic heterocycles. The fourth-order valence-corrected chi connectivity index (χ4v) is 3.69. The zero-order chi connectivity index (χ0) is 20.4. The van der Waals surface area contributed by atoms with Gasteiger partial charge in [0.2, 0.25) is 5.91 Å². The highest BCUT2D eigenvalue weighted by molar-refractivity contribution is 6.30. The van der Waals surface area contributed by atoms with Crippen molar-refractivity contribution in [1.29, 1.82) is 0 Å². The molecule has 0 aliphatic rings. The fraction of sp³-hybridized carbons (Fsp3) is 0.125. The molecule has 0 spiro atoms. The van der Waals surface area contributed by atoms with E-state index in [1.54, 1.807) is 19.1 Å². The number of hydrogen-bond acceptors (Lipinski definition) is 1. The lowest BCUT2D eigenvalue weighted by Crippen LogP contribution is -2.14. The van der Waals surface area contributed by atoms with Gasteiger partial charge in [-0.2, -0.15) is 0 Å². The maximum absolute atomic E-state index is 13.7. The van der Waals surface area contributed by atoms with Crippen molar-refractivity contribution in [2.24, 2.45) is 0 Å². The van der Waals surface area contributed by atoms with E-state index in [0.29, 0.717) is 22.8 Å². The van der Waals surface area contributed by atoms with Gasteiger partial charge in [-0.15, -0.1) is 0 Å². The lowest BCUT2D eigenvalue weighted by molar-refractivity contribution is -0.115. The predicted octanol–water partition coefficient (Wildman–Crippen LogP) is 5.97. The molecule has 5 heteroatoms. The van der Waals surface area contributed by atoms with Crippen LogP contribution >= 0.6 is 11.6 Å². The topological polar surface area (TPSA) is 34.0 Å². The molecule has 4 aromatic rings. The molecule has 29 heavy (non-hydrogen) atoms. The average molecular weight is 407 g/mol. The van der Waals surface area contributed by atoms with Gasteiger partial charge in [0.05, 0.1) is 6.42 Å². The Bertz CT molecular complexity index is 1200. The minimum atomic E-state index is -0.332. The lowest BCUT2D eigenvalue weighted by atomic mass is 10.1. The van der Waals surface area contributed by atoms with Crippen LogP contribution in [0.4, 0.5) is 10.1 Å². The molecule has 1 amide bonds. The van der Waals surface area contributed by atoms with Gasteiger partial charge in [-0.05, 0) is 53.9 Å². The first kappa shape index (κ1) is 19.2. The van der Waals surface area contributed by atoms with Gasteiger partial charge in [-0.3, -0.25) is 4.79 Å². The predicted molar refractivity (Wildman–Crippen MR) is 116 cm³/mol. The zero-order valence-corrected chi connectivity index (χ0v) is 16.7. The molecular weight excluding hydrogens is 387 g/mol. The highest BCUT2D eigenvalue weighted by Crippen LogP contribution is 2.24. The van der Waals surface area contributed by atoms with Gasteiger partial charge in [0.15, 0.2) is 0 Å². The van der Waals surface area contributed by atoms with Gasteiger partial charge >= 0.3 is 0 Å². The number of carbonyl (C=O) groups excluding carboxylic acids is 1. The van der Waals surface area contributed by atoms with Crippen molar-refractivity contribution in [3.8, 4) is 0 Å². The summed E-state index contributed by atoms with van der Waals surface area (Å²) in [5.41, 5.74) is 4.07. The van der Waals surface area contributed by atoms with Crippen LogP contribution in [0.1, 0.15) is 16.7 Å². The number of nitrogens with zero attached hydrogens (tertiary/aromatic N) is 1. The number of fused-ring (bicyclic) bond motifs is 1. The number of aryl methyl sites for hydroxylation is 1. The van der Waals surface area contributed by atoms with Crippen LogP contribution in [-0.2, 0) is 17.8 Å². The van der Waals surface area contributed by atoms with Gasteiger partial charge in [0.25, 0.3) is 0 Å². The minimum absolute atomic E-state index is 0.182. The Hall–Kier alpha value is -3.11. The molecule has 0 saturated heterocycles. The Morgan fingerprint density at radius 2 is 1.90 bits per heavy atom. The zero-order valence-electron chi connectivity index (χ0n) is 16.0. The van der Waals surface area contributed by atoms with Gasteiger partial charge in [-0.25, -0.2) is 4.39 Å². The van der Waals surface area contributed by atoms with Crippen LogP contribution in [-0.4, -0.2) is 10.5 Å². The number of nitrogens with one attached hydrogen (secondary N) is 1. The summed E-state index contributed by atoms with van der Waals surface area (Å²) in [5, 5.41) is 4.51. The molecule has 3 aromatic carbocycles. The first-order chi connectivity index (χ1) is 14.0. The average Bonchev–Trinajstić information content (AvgIpc) is 3.02. The summed E-state index contributed by atoms with van der Waals surface area (Å²) in [6, 6.07) is 20.4. The minimum Gasteiger partial charge on any atom is -0.343 e. The van der Waals surface area contributed by atoms with Gasteiger partial charge in [-0.1, -0.05) is 48.0 Å². The maximum Gasteiger partial charge on any atom is 0.228 e. The molecule has 0 unspecified atom stereocenters. The molecule has 3 nitrogen and oxygen atoms in total. The van der Waals surface area contributed by atoms with Crippen molar-refractivity contribution < 1.29 is 9.18 Å². The second-order valence-corrected chi connectivity index (χ2v) is 7.55. The van der Waals surface area contributed by atoms with Crippen molar-refractivity contribution >= 4 is 34.1 Å². The third kappa shape index (κ3) is 4.33. The van der Waals surface area contributed by atoms with E-state index in [1.807, 2.05) is 54.7 Å². The first-order valence-electron chi connectivity index (χ1n) is 9.37. The number of hydrogen-bond donors (Lipinski definition) is 1. The Morgan fingerprint density at radius 3 is 2.69 bits per heavy atom. The summed E-state index contributed by atoms with van der Waals surface area (Å²) in [5.74, 6) is -0.514. The summed E-state index contributed by atoms with van der Waals surface area (Å²) >= 11 is 6.11. The molecule has 1 heterocycles. The van der Waals surface area contributed by atoms with Crippen molar-refractivity contribution in [2.75, 3.05) is 5.32 Å². The molecule has 0 radical (unpaired) electrons. The molecule has 0 bridgehead atoms. The summed E-state index contributed by atoms with van der Waals surface area (Å²) in [6.07, 6.45) is 2.21. The van der Waals surface area contributed by atoms with Crippen molar-refractivity contribution in [2.45, 2.75) is 19.9 Å². The number of carbonyl (C=O) groups is 1. The largest absolute Gasteiger partial charge is 0.343 e. The molecule has 0 fully saturated rings. The second-order valence-electron chi connectivity index (χ2n) is 7.12. The normalized spacial score (nSPS) is 11.0. The Morgan fingerprint density at radius 1 is 1.07 bits per heavy atom. The van der Waals surface area contributed by atoms with Crippen LogP contribution in [0.15, 0.2) is 72.9 Å². The third-order valence-electron chi connectivity index (χ3n) is 4.92. The van der Waals surface area contributed by atoms with E-state index < -0.39 is 0 Å². The van der Waals surface area contributed by atoms with E-state index in [-0.39, 0.29) is 18.1 Å². The fourth-order valence-electron chi connectivity index (χ4n) is 3.48. The van der Waals surface area contributed by atoms with Crippen LogP contribution in [0.2, 0.25) is 5.02 Å². The maximum atomic E-state index is 13.7. The first-order valence-corrected chi connectivity index (χ1v) is 9.74. The highest BCUT2D eigenvalue weighted by atomic mass is 35.5. The van der Waals surface area contributed by atoms with Crippen LogP contribution in [0, 0.1) is 12.7 Å². The van der Waals surface area contributed by atoms with Gasteiger partial charge in [0.1, 0.15) is 5.82 Å². The second kappa shape index (κ2) is 8.10. The molecule has 0 aliphatic heterocycles. The van der Waals surface area contributed by atoms with Crippen LogP contribution in [0.25, 0.3) is 10.9 Å².